The molecule has 0 spiro atoms. The Morgan fingerprint density at radius 1 is 0.284 bits per heavy atom. The van der Waals surface area contributed by atoms with Crippen molar-refractivity contribution in [3.8, 4) is 0 Å². The van der Waals surface area contributed by atoms with E-state index in [-0.39, 0.29) is 0 Å². The Morgan fingerprint density at radius 2 is 0.407 bits per heavy atom. The summed E-state index contributed by atoms with van der Waals surface area (Å²) in [4.78, 5) is 8.41. The van der Waals surface area contributed by atoms with Gasteiger partial charge in [0.15, 0.2) is 24.9 Å². The van der Waals surface area contributed by atoms with Crippen LogP contribution in [-0.4, -0.2) is 176 Å². The zero-order valence-corrected chi connectivity index (χ0v) is 51.0. The van der Waals surface area contributed by atoms with Crippen LogP contribution in [0.5, 0.6) is 0 Å². The van der Waals surface area contributed by atoms with E-state index in [9.17, 15) is 0 Å². The van der Waals surface area contributed by atoms with Gasteiger partial charge in [-0.3, -0.25) is 0 Å². The summed E-state index contributed by atoms with van der Waals surface area (Å²) in [6, 6.07) is 36.8. The molecular weight excluding hydrogens is 1150 g/mol. The van der Waals surface area contributed by atoms with Gasteiger partial charge < -0.3 is 19.6 Å². The smallest absolute Gasteiger partial charge is 0.172 e. The summed E-state index contributed by atoms with van der Waals surface area (Å²) < 4.78 is 144. The van der Waals surface area contributed by atoms with Crippen LogP contribution in [0.1, 0.15) is 44.5 Å². The Morgan fingerprint density at radius 3 is 0.506 bits per heavy atom. The van der Waals surface area contributed by atoms with E-state index in [1.807, 2.05) is 0 Å². The van der Waals surface area contributed by atoms with E-state index in [2.05, 4.69) is 297 Å². The first-order chi connectivity index (χ1) is 36.8. The van der Waals surface area contributed by atoms with E-state index in [1.54, 1.807) is 0 Å². The number of allylic oxidation sites excluding steroid dienone is 4. The van der Waals surface area contributed by atoms with Gasteiger partial charge >= 0.3 is 0 Å². The van der Waals surface area contributed by atoms with Crippen LogP contribution in [0.25, 0.3) is 22.3 Å². The van der Waals surface area contributed by atoms with Crippen molar-refractivity contribution in [3.63, 3.8) is 0 Å². The van der Waals surface area contributed by atoms with Crippen molar-refractivity contribution < 1.29 is 134 Å². The minimum atomic E-state index is -4.94. The molecule has 0 saturated heterocycles. The molecule has 0 amide bonds. The molecule has 4 aromatic rings. The van der Waals surface area contributed by atoms with Gasteiger partial charge in [-0.15, -0.1) is 41.0 Å². The Bertz CT molecular complexity index is 2390. The first-order valence-corrected chi connectivity index (χ1v) is 28.2. The van der Waals surface area contributed by atoms with Crippen molar-refractivity contribution in [3.05, 3.63) is 166 Å². The van der Waals surface area contributed by atoms with E-state index in [4.69, 9.17) is 74.5 Å². The second kappa shape index (κ2) is 34.0. The molecule has 0 aromatic heterocycles. The summed E-state index contributed by atoms with van der Waals surface area (Å²) in [5.74, 6) is 0. The molecule has 24 nitrogen and oxygen atoms in total. The molecule has 81 heavy (non-hydrogen) atoms. The lowest BCUT2D eigenvalue weighted by atomic mass is 9.64. The molecule has 0 N–H and O–H groups in total. The number of benzene rings is 4. The molecule has 0 fully saturated rings. The van der Waals surface area contributed by atoms with Gasteiger partial charge in [0.2, 0.25) is 0 Å². The summed E-state index contributed by atoms with van der Waals surface area (Å²) in [6.45, 7) is 0. The average molecular weight is 1220 g/mol. The van der Waals surface area contributed by atoms with E-state index < -0.39 is 46.4 Å². The van der Waals surface area contributed by atoms with Crippen LogP contribution in [0.4, 0.5) is 0 Å². The topological polar surface area (TPSA) is 394 Å². The second-order valence-electron chi connectivity index (χ2n) is 19.1. The fourth-order valence-corrected chi connectivity index (χ4v) is 7.61. The molecule has 0 aliphatic rings. The maximum absolute atomic E-state index is 8.49. The molecule has 0 atom stereocenters. The highest BCUT2D eigenvalue weighted by Gasteiger charge is 2.39. The fraction of sp³-hybridized carbons (Fsp3) is 0.321. The van der Waals surface area contributed by atoms with Gasteiger partial charge in [-0.1, -0.05) is 97.1 Å². The molecule has 0 bridgehead atoms. The lowest BCUT2D eigenvalue weighted by molar-refractivity contribution is -2.00. The number of hydrogen-bond donors (Lipinski definition) is 0. The average Bonchev–Trinajstić information content (AvgIpc) is 3.26. The predicted octanol–water partition coefficient (Wildman–Crippen LogP) is -12.0. The van der Waals surface area contributed by atoms with Gasteiger partial charge in [0.25, 0.3) is 0 Å². The van der Waals surface area contributed by atoms with Gasteiger partial charge in [-0.2, -0.15) is 0 Å². The van der Waals surface area contributed by atoms with Crippen LogP contribution in [0, 0.1) is 41.0 Å². The van der Waals surface area contributed by atoms with Gasteiger partial charge in [0.05, 0.1) is 27.7 Å². The third-order valence-corrected chi connectivity index (χ3v) is 9.78. The number of halogens is 4. The van der Waals surface area contributed by atoms with Gasteiger partial charge in [0.1, 0.15) is 56.4 Å². The molecule has 0 aliphatic heterocycles. The van der Waals surface area contributed by atoms with Crippen LogP contribution in [0.3, 0.4) is 0 Å². The van der Waals surface area contributed by atoms with E-state index in [0.717, 1.165) is 44.5 Å². The minimum absolute atomic E-state index is 0.686. The summed E-state index contributed by atoms with van der Waals surface area (Å²) >= 11 is 0. The van der Waals surface area contributed by atoms with Gasteiger partial charge in [0, 0.05) is 81.2 Å². The van der Waals surface area contributed by atoms with Crippen molar-refractivity contribution in [2.75, 3.05) is 113 Å². The maximum Gasteiger partial charge on any atom is 0.172 e. The number of hydrogen-bond acceptors (Lipinski definition) is 20. The monoisotopic (exact) mass is 1220 g/mol. The summed E-state index contributed by atoms with van der Waals surface area (Å²) in [5.41, 5.74) is 13.2. The zero-order chi connectivity index (χ0) is 63.0. The number of nitrogens with zero attached hydrogens (tertiary/aromatic N) is 8. The van der Waals surface area contributed by atoms with Crippen molar-refractivity contribution in [2.45, 2.75) is 5.41 Å². The molecule has 0 unspecified atom stereocenters. The van der Waals surface area contributed by atoms with Crippen molar-refractivity contribution >= 4 is 47.2 Å². The predicted molar refractivity (Wildman–Crippen MR) is 264 cm³/mol. The third-order valence-electron chi connectivity index (χ3n) is 9.78. The lowest BCUT2D eigenvalue weighted by Gasteiger charge is -2.37. The highest BCUT2D eigenvalue weighted by Crippen LogP contribution is 2.46. The van der Waals surface area contributed by atoms with Crippen LogP contribution in [0.2, 0.25) is 0 Å². The van der Waals surface area contributed by atoms with E-state index >= 15 is 0 Å². The summed E-state index contributed by atoms with van der Waals surface area (Å²) in [5, 5.41) is 0. The summed E-state index contributed by atoms with van der Waals surface area (Å²) in [6.07, 6.45) is 17.4. The molecule has 0 heterocycles. The lowest BCUT2D eigenvalue weighted by Crippen LogP contribution is -2.68. The van der Waals surface area contributed by atoms with Crippen molar-refractivity contribution in [1.82, 2.24) is 19.6 Å². The Hall–Kier alpha value is -5.76. The van der Waals surface area contributed by atoms with Crippen LogP contribution in [-0.2, 0) is 5.41 Å². The molecule has 0 aliphatic carbocycles. The van der Waals surface area contributed by atoms with Crippen molar-refractivity contribution in [1.29, 1.82) is 0 Å². The zero-order valence-electron chi connectivity index (χ0n) is 48.0. The first kappa shape index (κ1) is 75.2. The highest BCUT2D eigenvalue weighted by molar-refractivity contribution is 6.09. The molecule has 4 aromatic carbocycles. The molecule has 0 radical (unpaired) electrons. The van der Waals surface area contributed by atoms with E-state index in [1.165, 1.54) is 22.3 Å². The highest BCUT2D eigenvalue weighted by atomic mass is 35.7. The Labute approximate surface area is 482 Å². The largest absolute Gasteiger partial charge is 0.383 e. The third kappa shape index (κ3) is 34.3. The van der Waals surface area contributed by atoms with E-state index in [0.29, 0.717) is 0 Å². The molecule has 0 saturated carbocycles. The molecule has 4 rings (SSSR count). The standard InChI is InChI=1S/C53H72N8.4ClHO4/c1-54(2)33-45(34-55(3)4)41-17-25-49(26-18-41)53(50-27-19-42(20-28-50)46(35-56(5)6)36-57(7)8,51-29-21-43(22-30-51)47(37-58(9)10)38-59(11)12)52-31-23-44(24-32-52)48(39-60(13)14)40-61(15)16;4*2-1(3,4)5/h17-40H,1-16H3;4*(H,2,3,4,5)/q+4;;;;/p-4. The summed E-state index contributed by atoms with van der Waals surface area (Å²) in [7, 11) is 13.3. The van der Waals surface area contributed by atoms with Gasteiger partial charge in [-0.05, 0) is 44.5 Å². The molecule has 448 valence electrons. The maximum atomic E-state index is 8.49. The number of rotatable bonds is 16. The van der Waals surface area contributed by atoms with Gasteiger partial charge in [-0.25, -0.2) is 92.8 Å². The fourth-order valence-electron chi connectivity index (χ4n) is 7.61. The quantitative estimate of drug-likeness (QED) is 0.0571. The minimum Gasteiger partial charge on any atom is -0.383 e. The first-order valence-electron chi connectivity index (χ1n) is 23.3. The molecular formula is C53H72Cl4N8O16. The Balaban J connectivity index is 0.00000273. The van der Waals surface area contributed by atoms with Crippen LogP contribution in [0.15, 0.2) is 122 Å². The SMILES string of the molecule is CN(C)/C=C(/C=[N+](C)C)c1ccc(C(c2ccc(/C(C=[N+](C)C)=C\N(C)C)cc2)(c2ccc(/C(C=[N+](C)C)=C\N(C)C)cc2)c2ccc(/C(C=[N+](C)C)=C\N(C)C)cc2)cc1.[O-][Cl+3]([O-])([O-])[O-].[O-][Cl+3]([O-])([O-])[O-].[O-][Cl+3]([O-])([O-])[O-].[O-][Cl+3]([O-])([O-])[O-]. The van der Waals surface area contributed by atoms with Crippen molar-refractivity contribution in [2.24, 2.45) is 0 Å². The molecule has 28 heteroatoms. The van der Waals surface area contributed by atoms with Crippen LogP contribution >= 0.6 is 0 Å². The van der Waals surface area contributed by atoms with Crippen LogP contribution < -0.4 is 74.5 Å². The Kier molecular flexibility index (Phi) is 31.6. The second-order valence-corrected chi connectivity index (χ2v) is 22.2. The normalized spacial score (nSPS) is 12.2.